The van der Waals surface area contributed by atoms with Crippen LogP contribution in [0.3, 0.4) is 0 Å². The fourth-order valence-corrected chi connectivity index (χ4v) is 1.94. The Morgan fingerprint density at radius 1 is 0.824 bits per heavy atom. The Morgan fingerprint density at radius 3 is 1.47 bits per heavy atom. The average molecular weight is 277 g/mol. The molecule has 0 saturated carbocycles. The van der Waals surface area contributed by atoms with Crippen molar-refractivity contribution >= 4 is 25.3 Å². The van der Waals surface area contributed by atoms with E-state index in [1.165, 1.54) is 0 Å². The second kappa shape index (κ2) is 6.15. The first-order valence-corrected chi connectivity index (χ1v) is 6.51. The Labute approximate surface area is 109 Å². The molecule has 0 fully saturated rings. The summed E-state index contributed by atoms with van der Waals surface area (Å²) >= 11 is 7.98. The lowest BCUT2D eigenvalue weighted by atomic mass is 10.6. The smallest absolute Gasteiger partial charge is 0.247 e. The van der Waals surface area contributed by atoms with Gasteiger partial charge in [-0.05, 0) is 6.92 Å². The van der Waals surface area contributed by atoms with E-state index < -0.39 is 17.1 Å². The molecule has 8 heteroatoms. The minimum atomic E-state index is -0.590. The Bertz CT molecular complexity index is 514. The van der Waals surface area contributed by atoms with Crippen molar-refractivity contribution in [2.24, 2.45) is 0 Å². The van der Waals surface area contributed by atoms with Gasteiger partial charge in [0.15, 0.2) is 0 Å². The Kier molecular flexibility index (Phi) is 5.13. The molecule has 0 aliphatic carbocycles. The van der Waals surface area contributed by atoms with E-state index in [0.29, 0.717) is 11.5 Å². The van der Waals surface area contributed by atoms with Gasteiger partial charge in [-0.3, -0.25) is 0 Å². The van der Waals surface area contributed by atoms with Gasteiger partial charge in [-0.15, -0.1) is 0 Å². The standard InChI is InChI=1S/C9H15N3O3S2/c1-2-10-7(13)11(3-5-16)9(15)12(4-6-17)8(10)14/h16-17H,2-6H2,1H3. The highest BCUT2D eigenvalue weighted by molar-refractivity contribution is 7.80. The second-order valence-electron chi connectivity index (χ2n) is 3.34. The molecule has 0 N–H and O–H groups in total. The van der Waals surface area contributed by atoms with E-state index in [0.717, 1.165) is 13.7 Å². The van der Waals surface area contributed by atoms with Gasteiger partial charge in [0.1, 0.15) is 0 Å². The number of thiol groups is 2. The molecule has 96 valence electrons. The molecule has 0 bridgehead atoms. The van der Waals surface area contributed by atoms with Crippen LogP contribution in [0, 0.1) is 0 Å². The van der Waals surface area contributed by atoms with Gasteiger partial charge in [-0.1, -0.05) is 0 Å². The molecule has 1 heterocycles. The average Bonchev–Trinajstić information content (AvgIpc) is 2.31. The van der Waals surface area contributed by atoms with Crippen LogP contribution in [0.25, 0.3) is 0 Å². The highest BCUT2D eigenvalue weighted by Crippen LogP contribution is 1.81. The minimum Gasteiger partial charge on any atom is -0.247 e. The van der Waals surface area contributed by atoms with E-state index in [4.69, 9.17) is 0 Å². The Morgan fingerprint density at radius 2 is 1.18 bits per heavy atom. The van der Waals surface area contributed by atoms with Crippen molar-refractivity contribution in [3.8, 4) is 0 Å². The van der Waals surface area contributed by atoms with Crippen LogP contribution in [0.15, 0.2) is 14.4 Å². The van der Waals surface area contributed by atoms with Crippen LogP contribution in [-0.2, 0) is 19.6 Å². The number of rotatable bonds is 5. The van der Waals surface area contributed by atoms with Crippen molar-refractivity contribution in [3.05, 3.63) is 31.5 Å². The van der Waals surface area contributed by atoms with E-state index in [1.807, 2.05) is 0 Å². The molecular weight excluding hydrogens is 262 g/mol. The first-order chi connectivity index (χ1) is 8.08. The van der Waals surface area contributed by atoms with Crippen LogP contribution < -0.4 is 17.1 Å². The maximum Gasteiger partial charge on any atom is 0.336 e. The molecule has 0 spiro atoms. The molecule has 0 unspecified atom stereocenters. The molecule has 0 saturated heterocycles. The highest BCUT2D eigenvalue weighted by atomic mass is 32.1. The van der Waals surface area contributed by atoms with Crippen LogP contribution in [0.1, 0.15) is 6.92 Å². The Balaban J connectivity index is 3.64. The molecule has 0 aromatic carbocycles. The molecular formula is C9H15N3O3S2. The summed E-state index contributed by atoms with van der Waals surface area (Å²) < 4.78 is 3.09. The summed E-state index contributed by atoms with van der Waals surface area (Å²) in [4.78, 5) is 35.6. The van der Waals surface area contributed by atoms with Gasteiger partial charge in [0.2, 0.25) is 0 Å². The van der Waals surface area contributed by atoms with Crippen molar-refractivity contribution < 1.29 is 0 Å². The van der Waals surface area contributed by atoms with Crippen molar-refractivity contribution in [3.63, 3.8) is 0 Å². The summed E-state index contributed by atoms with van der Waals surface area (Å²) in [5, 5.41) is 0. The van der Waals surface area contributed by atoms with Gasteiger partial charge in [0, 0.05) is 31.1 Å². The first kappa shape index (κ1) is 14.2. The fourth-order valence-electron chi connectivity index (χ4n) is 1.54. The van der Waals surface area contributed by atoms with Crippen LogP contribution in [0.2, 0.25) is 0 Å². The summed E-state index contributed by atoms with van der Waals surface area (Å²) in [5.74, 6) is 0.718. The van der Waals surface area contributed by atoms with Crippen molar-refractivity contribution in [1.29, 1.82) is 0 Å². The predicted octanol–water partition coefficient (Wildman–Crippen LogP) is -0.949. The third-order valence-corrected chi connectivity index (χ3v) is 2.75. The molecule has 0 amide bonds. The van der Waals surface area contributed by atoms with E-state index in [-0.39, 0.29) is 19.6 Å². The van der Waals surface area contributed by atoms with Crippen LogP contribution in [-0.4, -0.2) is 25.2 Å². The zero-order valence-corrected chi connectivity index (χ0v) is 11.3. The third-order valence-electron chi connectivity index (χ3n) is 2.35. The maximum absolute atomic E-state index is 11.9. The lowest BCUT2D eigenvalue weighted by molar-refractivity contribution is 0.475. The molecule has 1 aromatic rings. The summed E-state index contributed by atoms with van der Waals surface area (Å²) in [6, 6.07) is 0. The van der Waals surface area contributed by atoms with Gasteiger partial charge in [0.05, 0.1) is 0 Å². The van der Waals surface area contributed by atoms with Crippen molar-refractivity contribution in [1.82, 2.24) is 13.7 Å². The lowest BCUT2D eigenvalue weighted by Crippen LogP contribution is -2.54. The molecule has 1 aromatic heterocycles. The lowest BCUT2D eigenvalue weighted by Gasteiger charge is -2.11. The number of hydrogen-bond donors (Lipinski definition) is 2. The second-order valence-corrected chi connectivity index (χ2v) is 4.24. The molecule has 0 aliphatic heterocycles. The highest BCUT2D eigenvalue weighted by Gasteiger charge is 2.12. The van der Waals surface area contributed by atoms with Gasteiger partial charge in [-0.2, -0.15) is 25.3 Å². The van der Waals surface area contributed by atoms with E-state index in [1.54, 1.807) is 6.92 Å². The Hall–Kier alpha value is -0.890. The molecule has 1 rings (SSSR count). The number of hydrogen-bond acceptors (Lipinski definition) is 5. The SMILES string of the molecule is CCn1c(=O)n(CCS)c(=O)n(CCS)c1=O. The van der Waals surface area contributed by atoms with Crippen LogP contribution in [0.5, 0.6) is 0 Å². The molecule has 0 aliphatic rings. The van der Waals surface area contributed by atoms with Gasteiger partial charge < -0.3 is 0 Å². The number of nitrogens with zero attached hydrogens (tertiary/aromatic N) is 3. The normalized spacial score (nSPS) is 10.8. The number of aromatic nitrogens is 3. The van der Waals surface area contributed by atoms with E-state index in [9.17, 15) is 14.4 Å². The topological polar surface area (TPSA) is 66.0 Å². The van der Waals surface area contributed by atoms with Crippen LogP contribution in [0.4, 0.5) is 0 Å². The van der Waals surface area contributed by atoms with Gasteiger partial charge in [0.25, 0.3) is 0 Å². The third kappa shape index (κ3) is 2.68. The zero-order valence-electron chi connectivity index (χ0n) is 9.50. The maximum atomic E-state index is 11.9. The minimum absolute atomic E-state index is 0.188. The van der Waals surface area contributed by atoms with Gasteiger partial charge in [-0.25, -0.2) is 28.1 Å². The zero-order chi connectivity index (χ0) is 13.0. The quantitative estimate of drug-likeness (QED) is 0.682. The molecule has 0 radical (unpaired) electrons. The summed E-state index contributed by atoms with van der Waals surface area (Å²) in [6.07, 6.45) is 0. The van der Waals surface area contributed by atoms with E-state index >= 15 is 0 Å². The molecule has 0 atom stereocenters. The van der Waals surface area contributed by atoms with Gasteiger partial charge >= 0.3 is 17.1 Å². The molecule has 17 heavy (non-hydrogen) atoms. The summed E-state index contributed by atoms with van der Waals surface area (Å²) in [7, 11) is 0. The fraction of sp³-hybridized carbons (Fsp3) is 0.667. The largest absolute Gasteiger partial charge is 0.336 e. The summed E-state index contributed by atoms with van der Waals surface area (Å²) in [5.41, 5.74) is -1.74. The first-order valence-electron chi connectivity index (χ1n) is 5.24. The van der Waals surface area contributed by atoms with E-state index in [2.05, 4.69) is 25.3 Å². The molecule has 6 nitrogen and oxygen atoms in total. The monoisotopic (exact) mass is 277 g/mol. The summed E-state index contributed by atoms with van der Waals surface area (Å²) in [6.45, 7) is 2.29. The van der Waals surface area contributed by atoms with Crippen LogP contribution >= 0.6 is 25.3 Å². The van der Waals surface area contributed by atoms with Crippen molar-refractivity contribution in [2.45, 2.75) is 26.6 Å². The van der Waals surface area contributed by atoms with Crippen molar-refractivity contribution in [2.75, 3.05) is 11.5 Å². The predicted molar refractivity (Wildman–Crippen MR) is 72.6 cm³/mol.